The summed E-state index contributed by atoms with van der Waals surface area (Å²) in [5, 5.41) is 15.4. The lowest BCUT2D eigenvalue weighted by atomic mass is 10.0. The van der Waals surface area contributed by atoms with Gasteiger partial charge in [-0.25, -0.2) is 0 Å². The minimum absolute atomic E-state index is 1.62. The van der Waals surface area contributed by atoms with Crippen molar-refractivity contribution in [2.75, 3.05) is 6.61 Å². The van der Waals surface area contributed by atoms with Gasteiger partial charge in [-0.3, -0.25) is 0 Å². The minimum Gasteiger partial charge on any atom is -0.396 e. The molecule has 0 aliphatic rings. The van der Waals surface area contributed by atoms with E-state index in [1.54, 1.807) is 0 Å². The van der Waals surface area contributed by atoms with Gasteiger partial charge in [-0.15, -0.1) is 0 Å². The molecule has 2 nitrogen and oxygen atoms in total. The summed E-state index contributed by atoms with van der Waals surface area (Å²) in [6, 6.07) is 0. The maximum absolute atomic E-state index is 12.4. The summed E-state index contributed by atoms with van der Waals surface area (Å²) in [5.74, 6) is -18.7. The third-order valence-corrected chi connectivity index (χ3v) is 1.66. The van der Waals surface area contributed by atoms with Crippen LogP contribution in [0.2, 0.25) is 0 Å². The predicted molar refractivity (Wildman–Crippen MR) is 33.7 cm³/mol. The number of alkyl halides is 8. The van der Waals surface area contributed by atoms with E-state index < -0.39 is 36.9 Å². The fourth-order valence-electron chi connectivity index (χ4n) is 0.716. The first-order valence-electron chi connectivity index (χ1n) is 3.66. The highest BCUT2D eigenvalue weighted by molar-refractivity contribution is 4.99. The van der Waals surface area contributed by atoms with Crippen LogP contribution in [0.15, 0.2) is 0 Å². The van der Waals surface area contributed by atoms with Gasteiger partial charge in [0, 0.05) is 13.0 Å². The van der Waals surface area contributed by atoms with E-state index in [0.717, 1.165) is 0 Å². The highest BCUT2D eigenvalue weighted by atomic mass is 19.4. The summed E-state index contributed by atoms with van der Waals surface area (Å²) in [5.41, 5.74) is 0. The normalized spacial score (nSPS) is 15.4. The molecule has 0 spiro atoms. The summed E-state index contributed by atoms with van der Waals surface area (Å²) >= 11 is 0. The second kappa shape index (κ2) is 3.99. The van der Waals surface area contributed by atoms with Crippen molar-refractivity contribution in [3.05, 3.63) is 0 Å². The largest absolute Gasteiger partial charge is 0.423 e. The van der Waals surface area contributed by atoms with Crippen molar-refractivity contribution < 1.29 is 45.3 Å². The Labute approximate surface area is 83.5 Å². The monoisotopic (exact) mass is 262 g/mol. The fourth-order valence-corrected chi connectivity index (χ4v) is 0.716. The summed E-state index contributed by atoms with van der Waals surface area (Å²) in [7, 11) is 0. The molecule has 0 aliphatic heterocycles. The number of hydrogen-bond donors (Lipinski definition) is 2. The standard InChI is InChI=1S/C6H6F8O2/c7-3(8,1-2-15)4(9,10)5(11,12)6(13,14)16/h15-16H,1-2H2. The molecule has 0 rings (SSSR count). The molecule has 98 valence electrons. The zero-order chi connectivity index (χ0) is 13.4. The Morgan fingerprint density at radius 2 is 1.12 bits per heavy atom. The maximum atomic E-state index is 12.4. The molecule has 0 amide bonds. The first kappa shape index (κ1) is 15.4. The van der Waals surface area contributed by atoms with Crippen LogP contribution in [0.5, 0.6) is 0 Å². The Bertz CT molecular complexity index is 245. The van der Waals surface area contributed by atoms with Crippen molar-refractivity contribution in [2.45, 2.75) is 30.3 Å². The fraction of sp³-hybridized carbons (Fsp3) is 1.00. The Morgan fingerprint density at radius 1 is 0.750 bits per heavy atom. The highest BCUT2D eigenvalue weighted by Gasteiger charge is 2.80. The Morgan fingerprint density at radius 3 is 1.38 bits per heavy atom. The second-order valence-electron chi connectivity index (χ2n) is 2.87. The third-order valence-electron chi connectivity index (χ3n) is 1.66. The zero-order valence-electron chi connectivity index (χ0n) is 7.33. The van der Waals surface area contributed by atoms with E-state index in [1.165, 1.54) is 0 Å². The summed E-state index contributed by atoms with van der Waals surface area (Å²) in [4.78, 5) is 0. The molecule has 0 atom stereocenters. The molecule has 10 heteroatoms. The van der Waals surface area contributed by atoms with Crippen molar-refractivity contribution >= 4 is 0 Å². The molecule has 0 heterocycles. The van der Waals surface area contributed by atoms with Gasteiger partial charge in [0.25, 0.3) is 0 Å². The first-order valence-corrected chi connectivity index (χ1v) is 3.66. The molecule has 0 saturated carbocycles. The zero-order valence-corrected chi connectivity index (χ0v) is 7.33. The van der Waals surface area contributed by atoms with Gasteiger partial charge in [-0.05, 0) is 0 Å². The molecular formula is C6H6F8O2. The Kier molecular flexibility index (Phi) is 3.83. The van der Waals surface area contributed by atoms with E-state index in [4.69, 9.17) is 10.2 Å². The molecule has 0 saturated heterocycles. The lowest BCUT2D eigenvalue weighted by Crippen LogP contribution is -2.62. The average Bonchev–Trinajstić information content (AvgIpc) is 2.01. The molecule has 0 aromatic heterocycles. The van der Waals surface area contributed by atoms with Gasteiger partial charge in [-0.1, -0.05) is 0 Å². The van der Waals surface area contributed by atoms with E-state index >= 15 is 0 Å². The third kappa shape index (κ3) is 2.21. The predicted octanol–water partition coefficient (Wildman–Crippen LogP) is 1.86. The Hall–Kier alpha value is -0.640. The molecule has 0 aromatic carbocycles. The summed E-state index contributed by atoms with van der Waals surface area (Å²) in [6.45, 7) is -1.62. The van der Waals surface area contributed by atoms with E-state index in [2.05, 4.69) is 0 Å². The smallest absolute Gasteiger partial charge is 0.396 e. The number of halogens is 8. The molecule has 0 fully saturated rings. The highest BCUT2D eigenvalue weighted by Crippen LogP contribution is 2.52. The number of rotatable bonds is 5. The SMILES string of the molecule is OCCC(F)(F)C(F)(F)C(F)(F)C(O)(F)F. The van der Waals surface area contributed by atoms with Gasteiger partial charge in [0.15, 0.2) is 0 Å². The average molecular weight is 262 g/mol. The maximum Gasteiger partial charge on any atom is 0.423 e. The molecule has 2 N–H and O–H groups in total. The topological polar surface area (TPSA) is 40.5 Å². The number of hydrogen-bond acceptors (Lipinski definition) is 2. The summed E-state index contributed by atoms with van der Waals surface area (Å²) in [6.07, 6.45) is -8.46. The van der Waals surface area contributed by atoms with Gasteiger partial charge in [0.1, 0.15) is 0 Å². The van der Waals surface area contributed by atoms with Gasteiger partial charge in [-0.2, -0.15) is 35.1 Å². The molecule has 0 bridgehead atoms. The van der Waals surface area contributed by atoms with Crippen molar-refractivity contribution in [1.82, 2.24) is 0 Å². The number of aliphatic hydroxyl groups excluding tert-OH is 1. The first-order chi connectivity index (χ1) is 6.81. The molecule has 0 radical (unpaired) electrons. The van der Waals surface area contributed by atoms with Crippen LogP contribution in [0.3, 0.4) is 0 Å². The van der Waals surface area contributed by atoms with Crippen molar-refractivity contribution in [2.24, 2.45) is 0 Å². The molecule has 0 aliphatic carbocycles. The van der Waals surface area contributed by atoms with Crippen LogP contribution in [-0.4, -0.2) is 40.7 Å². The van der Waals surface area contributed by atoms with Crippen molar-refractivity contribution in [3.63, 3.8) is 0 Å². The minimum atomic E-state index is -6.65. The molecular weight excluding hydrogens is 256 g/mol. The van der Waals surface area contributed by atoms with E-state index in [-0.39, 0.29) is 0 Å². The van der Waals surface area contributed by atoms with Crippen LogP contribution < -0.4 is 0 Å². The van der Waals surface area contributed by atoms with Gasteiger partial charge >= 0.3 is 23.9 Å². The molecule has 16 heavy (non-hydrogen) atoms. The van der Waals surface area contributed by atoms with E-state index in [0.29, 0.717) is 0 Å². The number of aliphatic hydroxyl groups is 2. The molecule has 0 unspecified atom stereocenters. The Balaban J connectivity index is 5.34. The van der Waals surface area contributed by atoms with Crippen molar-refractivity contribution in [1.29, 1.82) is 0 Å². The van der Waals surface area contributed by atoms with E-state index in [1.807, 2.05) is 0 Å². The van der Waals surface area contributed by atoms with Crippen LogP contribution >= 0.6 is 0 Å². The van der Waals surface area contributed by atoms with Gasteiger partial charge in [0.2, 0.25) is 0 Å². The van der Waals surface area contributed by atoms with Crippen LogP contribution in [0.4, 0.5) is 35.1 Å². The second-order valence-corrected chi connectivity index (χ2v) is 2.87. The van der Waals surface area contributed by atoms with E-state index in [9.17, 15) is 35.1 Å². The van der Waals surface area contributed by atoms with Crippen LogP contribution in [0.25, 0.3) is 0 Å². The van der Waals surface area contributed by atoms with Crippen LogP contribution in [-0.2, 0) is 0 Å². The lowest BCUT2D eigenvalue weighted by molar-refractivity contribution is -0.417. The van der Waals surface area contributed by atoms with Gasteiger partial charge < -0.3 is 10.2 Å². The quantitative estimate of drug-likeness (QED) is 0.742. The summed E-state index contributed by atoms with van der Waals surface area (Å²) < 4.78 is 97.4. The van der Waals surface area contributed by atoms with Gasteiger partial charge in [0.05, 0.1) is 0 Å². The van der Waals surface area contributed by atoms with Crippen LogP contribution in [0, 0.1) is 0 Å². The van der Waals surface area contributed by atoms with Crippen LogP contribution in [0.1, 0.15) is 6.42 Å². The molecule has 0 aromatic rings. The van der Waals surface area contributed by atoms with Crippen molar-refractivity contribution in [3.8, 4) is 0 Å². The lowest BCUT2D eigenvalue weighted by Gasteiger charge is -2.34.